The van der Waals surface area contributed by atoms with Crippen molar-refractivity contribution in [3.63, 3.8) is 0 Å². The molecule has 0 amide bonds. The van der Waals surface area contributed by atoms with E-state index in [0.717, 1.165) is 28.9 Å². The number of halogens is 8. The van der Waals surface area contributed by atoms with Crippen molar-refractivity contribution in [3.8, 4) is 17.1 Å². The van der Waals surface area contributed by atoms with Gasteiger partial charge in [-0.05, 0) is 12.1 Å². The van der Waals surface area contributed by atoms with E-state index >= 15 is 0 Å². The van der Waals surface area contributed by atoms with Crippen LogP contribution in [-0.4, -0.2) is 70.4 Å². The number of nitrogens with one attached hydrogen (secondary N) is 1. The van der Waals surface area contributed by atoms with E-state index in [0.29, 0.717) is 0 Å². The summed E-state index contributed by atoms with van der Waals surface area (Å²) in [5.41, 5.74) is -0.777. The standard InChI is InChI=1S/C17H14F8N6O3S/c1-2-35(32,33)14-12(13-26-6-5-10(31(13)30-14)27-7-16(20,21)22)9-3-4-11(29-28-9)34-8-15(18,19)17(23,24)25/h3-6,27H,2,7-8H2,1H3. The summed E-state index contributed by atoms with van der Waals surface area (Å²) in [7, 11) is -4.10. The SMILES string of the molecule is CCS(=O)(=O)c1nn2c(NCC(F)(F)F)ccnc2c1-c1ccc(OCC(F)(F)C(F)(F)F)nn1. The largest absolute Gasteiger partial charge is 0.470 e. The quantitative estimate of drug-likeness (QED) is 0.437. The third-order valence-corrected chi connectivity index (χ3v) is 5.98. The molecule has 0 aliphatic rings. The Morgan fingerprint density at radius 2 is 1.71 bits per heavy atom. The maximum atomic E-state index is 13.0. The summed E-state index contributed by atoms with van der Waals surface area (Å²) in [6.45, 7) is -2.26. The van der Waals surface area contributed by atoms with Crippen molar-refractivity contribution in [2.45, 2.75) is 30.2 Å². The summed E-state index contributed by atoms with van der Waals surface area (Å²) in [6.07, 6.45) is -9.38. The molecule has 0 saturated heterocycles. The fraction of sp³-hybridized carbons (Fsp3) is 0.412. The van der Waals surface area contributed by atoms with E-state index in [2.05, 4.69) is 30.3 Å². The highest BCUT2D eigenvalue weighted by Gasteiger charge is 2.58. The fourth-order valence-electron chi connectivity index (χ4n) is 2.61. The number of rotatable bonds is 8. The summed E-state index contributed by atoms with van der Waals surface area (Å²) < 4.78 is 131. The lowest BCUT2D eigenvalue weighted by molar-refractivity contribution is -0.290. The molecule has 0 aliphatic carbocycles. The molecule has 35 heavy (non-hydrogen) atoms. The highest BCUT2D eigenvalue weighted by molar-refractivity contribution is 7.91. The fourth-order valence-corrected chi connectivity index (χ4v) is 3.59. The molecule has 3 aromatic heterocycles. The van der Waals surface area contributed by atoms with Crippen LogP contribution >= 0.6 is 0 Å². The Balaban J connectivity index is 2.03. The highest BCUT2D eigenvalue weighted by Crippen LogP contribution is 2.36. The molecular formula is C17H14F8N6O3S. The summed E-state index contributed by atoms with van der Waals surface area (Å²) in [4.78, 5) is 3.94. The number of ether oxygens (including phenoxy) is 1. The molecule has 3 rings (SSSR count). The maximum absolute atomic E-state index is 13.0. The molecule has 3 heterocycles. The van der Waals surface area contributed by atoms with Gasteiger partial charge < -0.3 is 10.1 Å². The van der Waals surface area contributed by atoms with Gasteiger partial charge in [0.25, 0.3) is 0 Å². The van der Waals surface area contributed by atoms with Crippen molar-refractivity contribution >= 4 is 21.3 Å². The van der Waals surface area contributed by atoms with Gasteiger partial charge in [0.2, 0.25) is 5.88 Å². The lowest BCUT2D eigenvalue weighted by Crippen LogP contribution is -2.41. The third-order valence-electron chi connectivity index (χ3n) is 4.34. The van der Waals surface area contributed by atoms with Crippen LogP contribution in [-0.2, 0) is 9.84 Å². The van der Waals surface area contributed by atoms with E-state index in [9.17, 15) is 43.5 Å². The predicted octanol–water partition coefficient (Wildman–Crippen LogP) is 3.53. The third kappa shape index (κ3) is 5.68. The van der Waals surface area contributed by atoms with Crippen LogP contribution in [0.5, 0.6) is 5.88 Å². The van der Waals surface area contributed by atoms with Gasteiger partial charge in [0.15, 0.2) is 27.1 Å². The highest BCUT2D eigenvalue weighted by atomic mass is 32.2. The zero-order chi connectivity index (χ0) is 26.2. The number of hydrogen-bond acceptors (Lipinski definition) is 8. The van der Waals surface area contributed by atoms with Crippen LogP contribution in [0.3, 0.4) is 0 Å². The van der Waals surface area contributed by atoms with Gasteiger partial charge in [-0.3, -0.25) is 0 Å². The lowest BCUT2D eigenvalue weighted by Gasteiger charge is -2.19. The molecule has 0 fully saturated rings. The molecule has 9 nitrogen and oxygen atoms in total. The molecule has 0 bridgehead atoms. The second-order valence-electron chi connectivity index (χ2n) is 6.87. The van der Waals surface area contributed by atoms with E-state index in [1.165, 1.54) is 6.92 Å². The molecule has 0 spiro atoms. The van der Waals surface area contributed by atoms with E-state index in [1.54, 1.807) is 0 Å². The minimum Gasteiger partial charge on any atom is -0.470 e. The number of nitrogens with zero attached hydrogens (tertiary/aromatic N) is 5. The molecule has 18 heteroatoms. The van der Waals surface area contributed by atoms with Crippen LogP contribution in [0.15, 0.2) is 29.4 Å². The van der Waals surface area contributed by atoms with Gasteiger partial charge >= 0.3 is 18.3 Å². The molecule has 0 unspecified atom stereocenters. The first-order chi connectivity index (χ1) is 16.1. The molecule has 0 saturated carbocycles. The van der Waals surface area contributed by atoms with Crippen LogP contribution in [0.25, 0.3) is 16.9 Å². The number of alkyl halides is 8. The molecule has 0 aromatic carbocycles. The summed E-state index contributed by atoms with van der Waals surface area (Å²) in [6, 6.07) is 2.96. The zero-order valence-electron chi connectivity index (χ0n) is 17.3. The zero-order valence-corrected chi connectivity index (χ0v) is 18.1. The first kappa shape index (κ1) is 26.3. The first-order valence-electron chi connectivity index (χ1n) is 9.38. The first-order valence-corrected chi connectivity index (χ1v) is 11.0. The van der Waals surface area contributed by atoms with Gasteiger partial charge in [-0.15, -0.1) is 10.2 Å². The summed E-state index contributed by atoms with van der Waals surface area (Å²) in [5.74, 6) is -6.61. The Bertz CT molecular complexity index is 1310. The van der Waals surface area contributed by atoms with Crippen LogP contribution in [0.4, 0.5) is 40.9 Å². The molecule has 3 aromatic rings. The Labute approximate surface area is 191 Å². The molecule has 0 aliphatic heterocycles. The van der Waals surface area contributed by atoms with Crippen molar-refractivity contribution in [1.82, 2.24) is 24.8 Å². The van der Waals surface area contributed by atoms with Crippen LogP contribution in [0, 0.1) is 0 Å². The van der Waals surface area contributed by atoms with Crippen molar-refractivity contribution in [3.05, 3.63) is 24.4 Å². The smallest absolute Gasteiger partial charge is 0.456 e. The number of sulfone groups is 1. The average molecular weight is 534 g/mol. The van der Waals surface area contributed by atoms with Gasteiger partial charge in [-0.25, -0.2) is 13.4 Å². The van der Waals surface area contributed by atoms with Gasteiger partial charge in [0.1, 0.15) is 18.1 Å². The van der Waals surface area contributed by atoms with Gasteiger partial charge in [0, 0.05) is 12.3 Å². The normalized spacial score (nSPS) is 13.3. The maximum Gasteiger partial charge on any atom is 0.456 e. The molecule has 1 N–H and O–H groups in total. The Morgan fingerprint density at radius 1 is 1.03 bits per heavy atom. The monoisotopic (exact) mass is 534 g/mol. The number of fused-ring (bicyclic) bond motifs is 1. The van der Waals surface area contributed by atoms with Gasteiger partial charge in [-0.2, -0.15) is 44.7 Å². The lowest BCUT2D eigenvalue weighted by atomic mass is 10.2. The predicted molar refractivity (Wildman–Crippen MR) is 103 cm³/mol. The Kier molecular flexibility index (Phi) is 6.80. The van der Waals surface area contributed by atoms with E-state index in [1.807, 2.05) is 0 Å². The van der Waals surface area contributed by atoms with E-state index in [4.69, 9.17) is 0 Å². The van der Waals surface area contributed by atoms with Crippen LogP contribution < -0.4 is 10.1 Å². The second kappa shape index (κ2) is 9.04. The van der Waals surface area contributed by atoms with Crippen molar-refractivity contribution in [1.29, 1.82) is 0 Å². The Hall–Kier alpha value is -3.31. The average Bonchev–Trinajstić information content (AvgIpc) is 3.16. The van der Waals surface area contributed by atoms with Crippen molar-refractivity contribution in [2.75, 3.05) is 24.2 Å². The molecule has 0 radical (unpaired) electrons. The van der Waals surface area contributed by atoms with Gasteiger partial charge in [-0.1, -0.05) is 6.92 Å². The van der Waals surface area contributed by atoms with Crippen molar-refractivity contribution < 1.29 is 48.3 Å². The molecule has 0 atom stereocenters. The minimum atomic E-state index is -5.86. The van der Waals surface area contributed by atoms with Crippen molar-refractivity contribution in [2.24, 2.45) is 0 Å². The number of hydrogen-bond donors (Lipinski definition) is 1. The topological polar surface area (TPSA) is 111 Å². The second-order valence-corrected chi connectivity index (χ2v) is 9.06. The summed E-state index contributed by atoms with van der Waals surface area (Å²) in [5, 5.41) is 12.3. The number of anilines is 1. The summed E-state index contributed by atoms with van der Waals surface area (Å²) >= 11 is 0. The molecule has 192 valence electrons. The van der Waals surface area contributed by atoms with Gasteiger partial charge in [0.05, 0.1) is 11.3 Å². The van der Waals surface area contributed by atoms with Crippen LogP contribution in [0.2, 0.25) is 0 Å². The van der Waals surface area contributed by atoms with E-state index in [-0.39, 0.29) is 22.7 Å². The van der Waals surface area contributed by atoms with Crippen LogP contribution in [0.1, 0.15) is 6.92 Å². The minimum absolute atomic E-state index is 0.240. The van der Waals surface area contributed by atoms with E-state index < -0.39 is 57.9 Å². The Morgan fingerprint density at radius 3 is 2.26 bits per heavy atom. The molecular weight excluding hydrogens is 520 g/mol. The number of aromatic nitrogens is 5.